The van der Waals surface area contributed by atoms with Crippen LogP contribution in [0.5, 0.6) is 0 Å². The Labute approximate surface area is 125 Å². The zero-order valence-corrected chi connectivity index (χ0v) is 13.6. The molecule has 1 saturated carbocycles. The summed E-state index contributed by atoms with van der Waals surface area (Å²) in [5, 5.41) is 3.59. The van der Waals surface area contributed by atoms with Gasteiger partial charge in [-0.2, -0.15) is 11.8 Å². The van der Waals surface area contributed by atoms with E-state index < -0.39 is 10.0 Å². The first-order chi connectivity index (χ1) is 9.55. The maximum absolute atomic E-state index is 12.3. The summed E-state index contributed by atoms with van der Waals surface area (Å²) in [5.74, 6) is 1.09. The second-order valence-corrected chi connectivity index (χ2v) is 8.39. The number of sulfonamides is 1. The second kappa shape index (κ2) is 6.98. The molecular weight excluding hydrogens is 294 g/mol. The van der Waals surface area contributed by atoms with Gasteiger partial charge in [-0.25, -0.2) is 13.1 Å². The number of H-pyrrole nitrogens is 1. The van der Waals surface area contributed by atoms with Gasteiger partial charge in [0, 0.05) is 29.7 Å². The molecule has 20 heavy (non-hydrogen) atoms. The van der Waals surface area contributed by atoms with Gasteiger partial charge >= 0.3 is 0 Å². The van der Waals surface area contributed by atoms with Gasteiger partial charge in [0.1, 0.15) is 0 Å². The number of thioether (sulfide) groups is 1. The molecule has 1 aromatic rings. The van der Waals surface area contributed by atoms with E-state index in [1.165, 1.54) is 0 Å². The van der Waals surface area contributed by atoms with Crippen LogP contribution in [0.25, 0.3) is 0 Å². The monoisotopic (exact) mass is 317 g/mol. The van der Waals surface area contributed by atoms with E-state index in [1.54, 1.807) is 12.3 Å². The fourth-order valence-corrected chi connectivity index (χ4v) is 5.03. The van der Waals surface area contributed by atoms with E-state index >= 15 is 0 Å². The normalized spacial score (nSPS) is 23.3. The van der Waals surface area contributed by atoms with Crippen LogP contribution in [-0.2, 0) is 16.6 Å². The molecule has 5 nitrogen and oxygen atoms in total. The highest BCUT2D eigenvalue weighted by atomic mass is 32.2. The predicted octanol–water partition coefficient (Wildman–Crippen LogP) is 1.69. The van der Waals surface area contributed by atoms with Gasteiger partial charge < -0.3 is 10.3 Å². The van der Waals surface area contributed by atoms with E-state index in [0.717, 1.165) is 30.7 Å². The molecule has 0 amide bonds. The molecule has 0 saturated heterocycles. The molecule has 1 aliphatic rings. The molecule has 0 bridgehead atoms. The van der Waals surface area contributed by atoms with Crippen LogP contribution in [0.4, 0.5) is 0 Å². The van der Waals surface area contributed by atoms with Crippen molar-refractivity contribution < 1.29 is 8.42 Å². The van der Waals surface area contributed by atoms with Crippen molar-refractivity contribution in [2.24, 2.45) is 0 Å². The number of hydrogen-bond donors (Lipinski definition) is 3. The molecule has 0 aliphatic heterocycles. The molecule has 7 heteroatoms. The Kier molecular flexibility index (Phi) is 5.54. The molecule has 1 heterocycles. The molecule has 114 valence electrons. The van der Waals surface area contributed by atoms with E-state index in [0.29, 0.717) is 16.7 Å². The molecule has 0 radical (unpaired) electrons. The smallest absolute Gasteiger partial charge is 0.242 e. The first-order valence-electron chi connectivity index (χ1n) is 7.01. The molecule has 1 aliphatic carbocycles. The molecule has 3 N–H and O–H groups in total. The summed E-state index contributed by atoms with van der Waals surface area (Å²) < 4.78 is 27.5. The Morgan fingerprint density at radius 3 is 2.95 bits per heavy atom. The SMILES string of the molecule is CCSC1CCC(NS(=O)(=O)c2c[nH]c(CNC)c2)C1. The Morgan fingerprint density at radius 2 is 2.25 bits per heavy atom. The summed E-state index contributed by atoms with van der Waals surface area (Å²) in [5.41, 5.74) is 0.874. The standard InChI is InChI=1S/C13H23N3O2S2/c1-3-19-12-5-4-10(6-12)16-20(17,18)13-7-11(8-14-2)15-9-13/h7,9-10,12,14-16H,3-6,8H2,1-2H3. The van der Waals surface area contributed by atoms with E-state index in [1.807, 2.05) is 18.8 Å². The minimum atomic E-state index is -3.40. The fraction of sp³-hybridized carbons (Fsp3) is 0.692. The fourth-order valence-electron chi connectivity index (χ4n) is 2.59. The predicted molar refractivity (Wildman–Crippen MR) is 83.4 cm³/mol. The van der Waals surface area contributed by atoms with Gasteiger partial charge in [-0.3, -0.25) is 0 Å². The Bertz CT molecular complexity index is 527. The maximum atomic E-state index is 12.3. The van der Waals surface area contributed by atoms with Crippen LogP contribution in [0.15, 0.2) is 17.2 Å². The van der Waals surface area contributed by atoms with Crippen molar-refractivity contribution >= 4 is 21.8 Å². The zero-order valence-electron chi connectivity index (χ0n) is 12.0. The van der Waals surface area contributed by atoms with Crippen molar-refractivity contribution in [2.75, 3.05) is 12.8 Å². The van der Waals surface area contributed by atoms with Gasteiger partial charge in [0.15, 0.2) is 0 Å². The lowest BCUT2D eigenvalue weighted by Gasteiger charge is -2.12. The van der Waals surface area contributed by atoms with Crippen LogP contribution in [0.2, 0.25) is 0 Å². The van der Waals surface area contributed by atoms with Crippen LogP contribution in [0.1, 0.15) is 31.9 Å². The maximum Gasteiger partial charge on any atom is 0.242 e. The average molecular weight is 317 g/mol. The summed E-state index contributed by atoms with van der Waals surface area (Å²) in [6.07, 6.45) is 4.53. The first kappa shape index (κ1) is 15.9. The second-order valence-electron chi connectivity index (χ2n) is 5.10. The molecule has 1 fully saturated rings. The number of nitrogens with one attached hydrogen (secondary N) is 3. The highest BCUT2D eigenvalue weighted by Gasteiger charge is 2.29. The van der Waals surface area contributed by atoms with Crippen LogP contribution in [0.3, 0.4) is 0 Å². The minimum Gasteiger partial charge on any atom is -0.363 e. The number of aromatic nitrogens is 1. The third kappa shape index (κ3) is 4.00. The molecule has 0 aromatic carbocycles. The van der Waals surface area contributed by atoms with E-state index in [9.17, 15) is 8.42 Å². The first-order valence-corrected chi connectivity index (χ1v) is 9.54. The molecule has 0 spiro atoms. The van der Waals surface area contributed by atoms with Gasteiger partial charge in [0.05, 0.1) is 4.90 Å². The van der Waals surface area contributed by atoms with Crippen LogP contribution < -0.4 is 10.0 Å². The van der Waals surface area contributed by atoms with Gasteiger partial charge in [-0.05, 0) is 38.1 Å². The Morgan fingerprint density at radius 1 is 1.45 bits per heavy atom. The summed E-state index contributed by atoms with van der Waals surface area (Å²) in [6, 6.07) is 1.76. The molecule has 1 aromatic heterocycles. The largest absolute Gasteiger partial charge is 0.363 e. The summed E-state index contributed by atoms with van der Waals surface area (Å²) >= 11 is 1.93. The van der Waals surface area contributed by atoms with Gasteiger partial charge in [0.2, 0.25) is 10.0 Å². The van der Waals surface area contributed by atoms with E-state index in [2.05, 4.69) is 21.9 Å². The van der Waals surface area contributed by atoms with Crippen molar-refractivity contribution in [1.29, 1.82) is 0 Å². The van der Waals surface area contributed by atoms with Crippen molar-refractivity contribution in [3.05, 3.63) is 18.0 Å². The lowest BCUT2D eigenvalue weighted by atomic mass is 10.3. The Hall–Kier alpha value is -0.500. The summed E-state index contributed by atoms with van der Waals surface area (Å²) in [7, 11) is -1.57. The average Bonchev–Trinajstić information content (AvgIpc) is 3.00. The number of aromatic amines is 1. The van der Waals surface area contributed by atoms with Crippen molar-refractivity contribution in [2.45, 2.75) is 48.9 Å². The van der Waals surface area contributed by atoms with E-state index in [4.69, 9.17) is 0 Å². The number of hydrogen-bond acceptors (Lipinski definition) is 4. The topological polar surface area (TPSA) is 74.0 Å². The molecule has 2 rings (SSSR count). The Balaban J connectivity index is 1.97. The molecule has 2 atom stereocenters. The zero-order chi connectivity index (χ0) is 14.6. The van der Waals surface area contributed by atoms with Crippen LogP contribution >= 0.6 is 11.8 Å². The quantitative estimate of drug-likeness (QED) is 0.715. The van der Waals surface area contributed by atoms with Crippen LogP contribution in [-0.4, -0.2) is 37.5 Å². The van der Waals surface area contributed by atoms with Gasteiger partial charge in [-0.15, -0.1) is 0 Å². The summed E-state index contributed by atoms with van der Waals surface area (Å²) in [6.45, 7) is 2.78. The van der Waals surface area contributed by atoms with Gasteiger partial charge in [-0.1, -0.05) is 6.92 Å². The van der Waals surface area contributed by atoms with Crippen LogP contribution in [0, 0.1) is 0 Å². The highest BCUT2D eigenvalue weighted by molar-refractivity contribution is 7.99. The molecular formula is C13H23N3O2S2. The third-order valence-electron chi connectivity index (χ3n) is 3.50. The van der Waals surface area contributed by atoms with E-state index in [-0.39, 0.29) is 6.04 Å². The van der Waals surface area contributed by atoms with Crippen molar-refractivity contribution in [3.8, 4) is 0 Å². The third-order valence-corrected chi connectivity index (χ3v) is 6.24. The van der Waals surface area contributed by atoms with Crippen molar-refractivity contribution in [3.63, 3.8) is 0 Å². The lowest BCUT2D eigenvalue weighted by molar-refractivity contribution is 0.552. The summed E-state index contributed by atoms with van der Waals surface area (Å²) in [4.78, 5) is 3.31. The van der Waals surface area contributed by atoms with Crippen molar-refractivity contribution in [1.82, 2.24) is 15.0 Å². The number of rotatable bonds is 7. The lowest BCUT2D eigenvalue weighted by Crippen LogP contribution is -2.33. The minimum absolute atomic E-state index is 0.0756. The molecule has 2 unspecified atom stereocenters. The van der Waals surface area contributed by atoms with Gasteiger partial charge in [0.25, 0.3) is 0 Å². The highest BCUT2D eigenvalue weighted by Crippen LogP contribution is 2.30.